The third-order valence-corrected chi connectivity index (χ3v) is 8.15. The molecule has 1 aliphatic rings. The molecule has 0 bridgehead atoms. The second kappa shape index (κ2) is 15.0. The van der Waals surface area contributed by atoms with Crippen LogP contribution < -0.4 is 10.1 Å². The first-order chi connectivity index (χ1) is 23.0. The number of hydrogen-bond donors (Lipinski definition) is 2. The molecule has 4 aromatic carbocycles. The van der Waals surface area contributed by atoms with Gasteiger partial charge < -0.3 is 19.9 Å². The molecule has 9 nitrogen and oxygen atoms in total. The van der Waals surface area contributed by atoms with E-state index in [0.717, 1.165) is 12.1 Å². The van der Waals surface area contributed by atoms with Crippen molar-refractivity contribution in [1.82, 2.24) is 5.32 Å². The Bertz CT molecular complexity index is 1870. The summed E-state index contributed by atoms with van der Waals surface area (Å²) in [5.41, 5.74) is 8.37. The van der Waals surface area contributed by atoms with Crippen molar-refractivity contribution >= 4 is 40.7 Å². The molecule has 1 heterocycles. The summed E-state index contributed by atoms with van der Waals surface area (Å²) >= 11 is 12.9. The number of aliphatic hydroxyl groups is 1. The summed E-state index contributed by atoms with van der Waals surface area (Å²) in [5, 5.41) is 16.1. The van der Waals surface area contributed by atoms with E-state index in [2.05, 4.69) is 15.3 Å². The normalized spacial score (nSPS) is 17.2. The SMILES string of the molecule is [N-]=[N+]=Nc1ccccc1C[C@@]1(C(=O)NCc2cccc(C(F)(F)F)c2)N=C(c2ccc(OCCCO)cc2)O[C@@H]1c1ccc(Cl)cc1Cl. The first-order valence-corrected chi connectivity index (χ1v) is 15.4. The van der Waals surface area contributed by atoms with Gasteiger partial charge in [0.2, 0.25) is 5.90 Å². The fraction of sp³-hybridized carbons (Fsp3) is 0.235. The summed E-state index contributed by atoms with van der Waals surface area (Å²) in [6.45, 7) is 0.0383. The number of nitrogens with one attached hydrogen (secondary N) is 1. The third kappa shape index (κ3) is 7.86. The second-order valence-electron chi connectivity index (χ2n) is 10.8. The van der Waals surface area contributed by atoms with Crippen LogP contribution in [0.3, 0.4) is 0 Å². The smallest absolute Gasteiger partial charge is 0.416 e. The van der Waals surface area contributed by atoms with Crippen LogP contribution in [0.2, 0.25) is 10.0 Å². The number of aliphatic imine (C=N–C) groups is 1. The summed E-state index contributed by atoms with van der Waals surface area (Å²) < 4.78 is 52.4. The molecular weight excluding hydrogens is 670 g/mol. The molecule has 0 radical (unpaired) electrons. The Kier molecular flexibility index (Phi) is 10.8. The van der Waals surface area contributed by atoms with Gasteiger partial charge in [0.15, 0.2) is 11.6 Å². The highest BCUT2D eigenvalue weighted by Gasteiger charge is 2.54. The van der Waals surface area contributed by atoms with Gasteiger partial charge >= 0.3 is 6.18 Å². The number of azide groups is 1. The predicted octanol–water partition coefficient (Wildman–Crippen LogP) is 8.53. The number of carbonyl (C=O) groups excluding carboxylic acids is 1. The van der Waals surface area contributed by atoms with E-state index >= 15 is 0 Å². The minimum absolute atomic E-state index is 0.0158. The van der Waals surface area contributed by atoms with Crippen LogP contribution in [-0.2, 0) is 28.7 Å². The number of amides is 1. The van der Waals surface area contributed by atoms with Gasteiger partial charge in [0, 0.05) is 57.8 Å². The van der Waals surface area contributed by atoms with E-state index in [4.69, 9.17) is 42.8 Å². The Morgan fingerprint density at radius 3 is 2.54 bits per heavy atom. The number of alkyl halides is 3. The van der Waals surface area contributed by atoms with Crippen LogP contribution in [0.5, 0.6) is 5.75 Å². The Labute approximate surface area is 283 Å². The van der Waals surface area contributed by atoms with Crippen molar-refractivity contribution < 1.29 is 32.5 Å². The molecule has 14 heteroatoms. The summed E-state index contributed by atoms with van der Waals surface area (Å²) in [7, 11) is 0. The van der Waals surface area contributed by atoms with Crippen LogP contribution in [0.1, 0.15) is 40.3 Å². The molecule has 4 aromatic rings. The molecule has 0 fully saturated rings. The molecule has 0 aromatic heterocycles. The van der Waals surface area contributed by atoms with Gasteiger partial charge in [-0.3, -0.25) is 4.79 Å². The molecule has 0 saturated carbocycles. The maximum Gasteiger partial charge on any atom is 0.416 e. The number of benzene rings is 4. The zero-order valence-corrected chi connectivity index (χ0v) is 26.6. The zero-order valence-electron chi connectivity index (χ0n) is 25.1. The van der Waals surface area contributed by atoms with E-state index in [1.165, 1.54) is 18.2 Å². The summed E-state index contributed by atoms with van der Waals surface area (Å²) in [5.74, 6) is -0.0505. The van der Waals surface area contributed by atoms with Crippen LogP contribution in [-0.4, -0.2) is 35.7 Å². The van der Waals surface area contributed by atoms with Gasteiger partial charge in [-0.1, -0.05) is 70.8 Å². The fourth-order valence-electron chi connectivity index (χ4n) is 5.26. The first-order valence-electron chi connectivity index (χ1n) is 14.7. The summed E-state index contributed by atoms with van der Waals surface area (Å²) in [6, 6.07) is 22.7. The molecular formula is C34H28Cl2F3N5O4. The Balaban J connectivity index is 1.61. The molecule has 1 amide bonds. The van der Waals surface area contributed by atoms with Gasteiger partial charge in [0.05, 0.1) is 12.2 Å². The fourth-order valence-corrected chi connectivity index (χ4v) is 5.77. The van der Waals surface area contributed by atoms with Gasteiger partial charge in [-0.05, 0) is 65.2 Å². The maximum atomic E-state index is 14.5. The highest BCUT2D eigenvalue weighted by molar-refractivity contribution is 6.35. The van der Waals surface area contributed by atoms with Crippen molar-refractivity contribution in [3.8, 4) is 5.75 Å². The van der Waals surface area contributed by atoms with E-state index in [-0.39, 0.29) is 41.7 Å². The van der Waals surface area contributed by atoms with E-state index in [1.807, 2.05) is 0 Å². The lowest BCUT2D eigenvalue weighted by molar-refractivity contribution is -0.137. The molecule has 48 heavy (non-hydrogen) atoms. The van der Waals surface area contributed by atoms with E-state index in [1.54, 1.807) is 60.7 Å². The molecule has 0 saturated heterocycles. The molecule has 2 atom stereocenters. The van der Waals surface area contributed by atoms with Crippen LogP contribution in [0.15, 0.2) is 101 Å². The van der Waals surface area contributed by atoms with Crippen molar-refractivity contribution in [2.24, 2.45) is 10.1 Å². The number of nitrogens with zero attached hydrogens (tertiary/aromatic N) is 4. The van der Waals surface area contributed by atoms with Crippen LogP contribution in [0, 0.1) is 0 Å². The lowest BCUT2D eigenvalue weighted by atomic mass is 9.81. The number of carbonyl (C=O) groups is 1. The Morgan fingerprint density at radius 1 is 1.06 bits per heavy atom. The van der Waals surface area contributed by atoms with Gasteiger partial charge in [0.25, 0.3) is 5.91 Å². The third-order valence-electron chi connectivity index (χ3n) is 7.59. The number of ether oxygens (including phenoxy) is 2. The molecule has 0 spiro atoms. The number of halogens is 5. The van der Waals surface area contributed by atoms with Crippen LogP contribution in [0.25, 0.3) is 10.4 Å². The maximum absolute atomic E-state index is 14.5. The molecule has 5 rings (SSSR count). The monoisotopic (exact) mass is 697 g/mol. The highest BCUT2D eigenvalue weighted by Crippen LogP contribution is 2.46. The average Bonchev–Trinajstić information content (AvgIpc) is 3.45. The second-order valence-corrected chi connectivity index (χ2v) is 11.7. The minimum Gasteiger partial charge on any atom is -0.494 e. The number of rotatable bonds is 12. The van der Waals surface area contributed by atoms with Gasteiger partial charge in [-0.25, -0.2) is 4.99 Å². The van der Waals surface area contributed by atoms with Crippen LogP contribution >= 0.6 is 23.2 Å². The summed E-state index contributed by atoms with van der Waals surface area (Å²) in [4.78, 5) is 22.3. The topological polar surface area (TPSA) is 129 Å². The van der Waals surface area contributed by atoms with E-state index < -0.39 is 29.3 Å². The van der Waals surface area contributed by atoms with Crippen molar-refractivity contribution in [2.75, 3.05) is 13.2 Å². The first kappa shape index (κ1) is 34.6. The van der Waals surface area contributed by atoms with Crippen molar-refractivity contribution in [2.45, 2.75) is 37.2 Å². The molecule has 0 unspecified atom stereocenters. The quantitative estimate of drug-likeness (QED) is 0.0665. The zero-order chi connectivity index (χ0) is 34.3. The van der Waals surface area contributed by atoms with E-state index in [9.17, 15) is 23.5 Å². The van der Waals surface area contributed by atoms with Crippen molar-refractivity contribution in [3.05, 3.63) is 139 Å². The van der Waals surface area contributed by atoms with Crippen molar-refractivity contribution in [1.29, 1.82) is 0 Å². The van der Waals surface area contributed by atoms with Gasteiger partial charge in [-0.15, -0.1) is 0 Å². The molecule has 0 aliphatic carbocycles. The van der Waals surface area contributed by atoms with Crippen molar-refractivity contribution in [3.63, 3.8) is 0 Å². The lowest BCUT2D eigenvalue weighted by Crippen LogP contribution is -2.49. The molecule has 248 valence electrons. The average molecular weight is 699 g/mol. The van der Waals surface area contributed by atoms with E-state index in [0.29, 0.717) is 40.5 Å². The number of aliphatic hydroxyl groups excluding tert-OH is 1. The van der Waals surface area contributed by atoms with Gasteiger partial charge in [-0.2, -0.15) is 13.2 Å². The minimum atomic E-state index is -4.57. The number of hydrogen-bond acceptors (Lipinski definition) is 6. The van der Waals surface area contributed by atoms with Crippen LogP contribution in [0.4, 0.5) is 18.9 Å². The predicted molar refractivity (Wildman–Crippen MR) is 175 cm³/mol. The molecule has 1 aliphatic heterocycles. The standard InChI is InChI=1S/C34H28Cl2F3N5O4/c35-25-11-14-27(28(36)18-25)30-33(19-23-6-1-2-8-29(23)43-44-40,32(46)41-20-21-5-3-7-24(17-21)34(37,38)39)42-31(48-30)22-9-12-26(13-10-22)47-16-4-15-45/h1-3,5-14,17-18,30,45H,4,15-16,19-20H2,(H,41,46)/t30-,33-/m1/s1. The molecule has 2 N–H and O–H groups in total. The summed E-state index contributed by atoms with van der Waals surface area (Å²) in [6.07, 6.45) is -5.41. The highest BCUT2D eigenvalue weighted by atomic mass is 35.5. The van der Waals surface area contributed by atoms with Gasteiger partial charge in [0.1, 0.15) is 5.75 Å². The Hall–Kier alpha value is -4.74. The largest absolute Gasteiger partial charge is 0.494 e. The lowest BCUT2D eigenvalue weighted by Gasteiger charge is -2.31. The Morgan fingerprint density at radius 2 is 1.83 bits per heavy atom.